The van der Waals surface area contributed by atoms with E-state index in [9.17, 15) is 4.79 Å². The van der Waals surface area contributed by atoms with E-state index < -0.39 is 0 Å². The molecule has 0 aliphatic heterocycles. The highest BCUT2D eigenvalue weighted by Gasteiger charge is 2.26. The van der Waals surface area contributed by atoms with Gasteiger partial charge in [0.15, 0.2) is 6.61 Å². The number of benzene rings is 2. The van der Waals surface area contributed by atoms with E-state index in [0.29, 0.717) is 17.4 Å². The number of amides is 1. The van der Waals surface area contributed by atoms with Crippen LogP contribution in [0.3, 0.4) is 0 Å². The lowest BCUT2D eigenvalue weighted by Gasteiger charge is -2.32. The van der Waals surface area contributed by atoms with Gasteiger partial charge in [0.2, 0.25) is 0 Å². The predicted octanol–water partition coefficient (Wildman–Crippen LogP) is 4.97. The van der Waals surface area contributed by atoms with E-state index in [4.69, 9.17) is 21.1 Å². The highest BCUT2D eigenvalue weighted by atomic mass is 35.5. The maximum Gasteiger partial charge on any atom is 0.265 e. The first kappa shape index (κ1) is 21.3. The van der Waals surface area contributed by atoms with Crippen LogP contribution < -0.4 is 9.64 Å². The fraction of sp³-hybridized carbons (Fsp3) is 0.409. The second-order valence-corrected chi connectivity index (χ2v) is 7.14. The van der Waals surface area contributed by atoms with Gasteiger partial charge in [-0.3, -0.25) is 4.79 Å². The third kappa shape index (κ3) is 5.24. The number of nitrogens with zero attached hydrogens (tertiary/aromatic N) is 1. The van der Waals surface area contributed by atoms with Crippen LogP contribution in [0.5, 0.6) is 5.75 Å². The molecule has 0 fully saturated rings. The molecular formula is C22H28ClNO3. The third-order valence-corrected chi connectivity index (χ3v) is 4.78. The number of halogens is 1. The topological polar surface area (TPSA) is 38.8 Å². The molecule has 0 spiro atoms. The minimum absolute atomic E-state index is 0.0476. The summed E-state index contributed by atoms with van der Waals surface area (Å²) < 4.78 is 11.1. The molecule has 0 heterocycles. The number of hydrogen-bond donors (Lipinski definition) is 0. The number of para-hydroxylation sites is 1. The van der Waals surface area contributed by atoms with Gasteiger partial charge in [0, 0.05) is 12.1 Å². The van der Waals surface area contributed by atoms with Crippen LogP contribution in [0.1, 0.15) is 30.5 Å². The van der Waals surface area contributed by atoms with Gasteiger partial charge in [-0.05, 0) is 62.1 Å². The average Bonchev–Trinajstić information content (AvgIpc) is 2.62. The molecule has 27 heavy (non-hydrogen) atoms. The first-order valence-corrected chi connectivity index (χ1v) is 9.55. The van der Waals surface area contributed by atoms with Crippen molar-refractivity contribution in [2.45, 2.75) is 40.2 Å². The zero-order valence-electron chi connectivity index (χ0n) is 16.7. The Hall–Kier alpha value is -2.04. The largest absolute Gasteiger partial charge is 0.483 e. The van der Waals surface area contributed by atoms with Crippen LogP contribution >= 0.6 is 11.6 Å². The zero-order valence-corrected chi connectivity index (χ0v) is 17.5. The summed E-state index contributed by atoms with van der Waals surface area (Å²) in [5.74, 6) is 0.561. The number of anilines is 1. The number of ether oxygens (including phenoxy) is 2. The number of carbonyl (C=O) groups is 1. The van der Waals surface area contributed by atoms with Crippen molar-refractivity contribution in [2.75, 3.05) is 25.2 Å². The van der Waals surface area contributed by atoms with E-state index in [-0.39, 0.29) is 18.6 Å². The molecule has 0 aliphatic rings. The third-order valence-electron chi connectivity index (χ3n) is 4.55. The molecule has 0 aromatic heterocycles. The lowest BCUT2D eigenvalue weighted by atomic mass is 10.0. The molecule has 4 nitrogen and oxygen atoms in total. The quantitative estimate of drug-likeness (QED) is 0.640. The summed E-state index contributed by atoms with van der Waals surface area (Å²) in [5.41, 5.74) is 4.05. The highest BCUT2D eigenvalue weighted by Crippen LogP contribution is 2.28. The smallest absolute Gasteiger partial charge is 0.265 e. The Kier molecular flexibility index (Phi) is 7.69. The molecule has 1 amide bonds. The number of methoxy groups -OCH3 is 1. The molecule has 0 N–H and O–H groups in total. The van der Waals surface area contributed by atoms with Crippen molar-refractivity contribution < 1.29 is 14.3 Å². The molecule has 0 aliphatic carbocycles. The molecule has 0 radical (unpaired) electrons. The summed E-state index contributed by atoms with van der Waals surface area (Å²) in [6, 6.07) is 11.4. The molecule has 1 unspecified atom stereocenters. The van der Waals surface area contributed by atoms with Gasteiger partial charge in [-0.15, -0.1) is 0 Å². The molecule has 1 atom stereocenters. The average molecular weight is 390 g/mol. The Balaban J connectivity index is 2.30. The van der Waals surface area contributed by atoms with Crippen LogP contribution in [0.2, 0.25) is 5.02 Å². The zero-order chi connectivity index (χ0) is 20.0. The van der Waals surface area contributed by atoms with Crippen LogP contribution in [0.15, 0.2) is 36.4 Å². The van der Waals surface area contributed by atoms with Crippen molar-refractivity contribution in [1.82, 2.24) is 0 Å². The van der Waals surface area contributed by atoms with E-state index >= 15 is 0 Å². The van der Waals surface area contributed by atoms with E-state index in [1.807, 2.05) is 43.9 Å². The lowest BCUT2D eigenvalue weighted by molar-refractivity contribution is -0.121. The number of aryl methyl sites for hydroxylation is 3. The fourth-order valence-corrected chi connectivity index (χ4v) is 3.47. The Morgan fingerprint density at radius 1 is 1.19 bits per heavy atom. The van der Waals surface area contributed by atoms with Crippen LogP contribution in [-0.2, 0) is 16.0 Å². The summed E-state index contributed by atoms with van der Waals surface area (Å²) >= 11 is 5.99. The minimum atomic E-state index is -0.108. The second-order valence-electron chi connectivity index (χ2n) is 6.70. The Morgan fingerprint density at radius 2 is 1.93 bits per heavy atom. The normalized spacial score (nSPS) is 11.9. The van der Waals surface area contributed by atoms with Gasteiger partial charge in [-0.1, -0.05) is 36.7 Å². The minimum Gasteiger partial charge on any atom is -0.483 e. The van der Waals surface area contributed by atoms with Crippen LogP contribution in [0.25, 0.3) is 0 Å². The van der Waals surface area contributed by atoms with Crippen molar-refractivity contribution in [3.63, 3.8) is 0 Å². The van der Waals surface area contributed by atoms with E-state index in [1.165, 1.54) is 0 Å². The summed E-state index contributed by atoms with van der Waals surface area (Å²) in [6.45, 7) is 8.42. The van der Waals surface area contributed by atoms with E-state index in [1.54, 1.807) is 19.2 Å². The molecule has 0 saturated heterocycles. The molecule has 146 valence electrons. The van der Waals surface area contributed by atoms with Crippen molar-refractivity contribution in [3.05, 3.63) is 58.1 Å². The molecule has 5 heteroatoms. The number of carbonyl (C=O) groups excluding carboxylic acids is 1. The lowest BCUT2D eigenvalue weighted by Crippen LogP contribution is -2.44. The molecule has 0 saturated carbocycles. The monoisotopic (exact) mass is 389 g/mol. The van der Waals surface area contributed by atoms with Gasteiger partial charge in [-0.25, -0.2) is 0 Å². The molecule has 2 aromatic rings. The van der Waals surface area contributed by atoms with Crippen molar-refractivity contribution in [3.8, 4) is 5.75 Å². The molecular weight excluding hydrogens is 362 g/mol. The van der Waals surface area contributed by atoms with Gasteiger partial charge in [-0.2, -0.15) is 0 Å². The Bertz CT molecular complexity index is 791. The summed E-state index contributed by atoms with van der Waals surface area (Å²) in [5, 5.41) is 0.647. The highest BCUT2D eigenvalue weighted by molar-refractivity contribution is 6.30. The van der Waals surface area contributed by atoms with Crippen LogP contribution in [-0.4, -0.2) is 32.3 Å². The van der Waals surface area contributed by atoms with Crippen LogP contribution in [0.4, 0.5) is 5.69 Å². The Morgan fingerprint density at radius 3 is 2.56 bits per heavy atom. The molecule has 2 aromatic carbocycles. The molecule has 2 rings (SSSR count). The van der Waals surface area contributed by atoms with E-state index in [2.05, 4.69) is 13.0 Å². The summed E-state index contributed by atoms with van der Waals surface area (Å²) in [7, 11) is 1.64. The maximum atomic E-state index is 13.2. The van der Waals surface area contributed by atoms with Gasteiger partial charge in [0.25, 0.3) is 5.91 Å². The van der Waals surface area contributed by atoms with Crippen molar-refractivity contribution >= 4 is 23.2 Å². The van der Waals surface area contributed by atoms with Gasteiger partial charge in [0.1, 0.15) is 5.75 Å². The maximum absolute atomic E-state index is 13.2. The number of rotatable bonds is 8. The number of hydrogen-bond acceptors (Lipinski definition) is 3. The first-order valence-electron chi connectivity index (χ1n) is 9.17. The standard InChI is InChI=1S/C22H28ClNO3/c1-6-18-9-7-8-15(2)22(18)24(17(4)13-26-5)21(25)14-27-20-11-10-19(23)12-16(20)3/h7-12,17H,6,13-14H2,1-5H3. The van der Waals surface area contributed by atoms with Gasteiger partial charge >= 0.3 is 0 Å². The summed E-state index contributed by atoms with van der Waals surface area (Å²) in [6.07, 6.45) is 0.845. The van der Waals surface area contributed by atoms with Crippen molar-refractivity contribution in [1.29, 1.82) is 0 Å². The Labute approximate surface area is 167 Å². The van der Waals surface area contributed by atoms with Gasteiger partial charge in [0.05, 0.1) is 18.3 Å². The molecule has 0 bridgehead atoms. The first-order chi connectivity index (χ1) is 12.9. The second kappa shape index (κ2) is 9.77. The summed E-state index contributed by atoms with van der Waals surface area (Å²) in [4.78, 5) is 15.0. The SMILES string of the molecule is CCc1cccc(C)c1N(C(=O)COc1ccc(Cl)cc1C)C(C)COC. The van der Waals surface area contributed by atoms with E-state index in [0.717, 1.165) is 28.8 Å². The van der Waals surface area contributed by atoms with Crippen LogP contribution in [0, 0.1) is 13.8 Å². The van der Waals surface area contributed by atoms with Gasteiger partial charge < -0.3 is 14.4 Å². The predicted molar refractivity (Wildman–Crippen MR) is 111 cm³/mol. The fourth-order valence-electron chi connectivity index (χ4n) is 3.24. The van der Waals surface area contributed by atoms with Crippen molar-refractivity contribution in [2.24, 2.45) is 0 Å².